The van der Waals surface area contributed by atoms with Crippen LogP contribution in [0.2, 0.25) is 0 Å². The minimum Gasteiger partial charge on any atom is -0.294 e. The molecule has 2 rings (SSSR count). The third-order valence-corrected chi connectivity index (χ3v) is 3.49. The molecule has 0 heterocycles. The fourth-order valence-electron chi connectivity index (χ4n) is 2.34. The van der Waals surface area contributed by atoms with Gasteiger partial charge in [0.1, 0.15) is 0 Å². The predicted octanol–water partition coefficient (Wildman–Crippen LogP) is 4.49. The lowest BCUT2D eigenvalue weighted by Gasteiger charge is -2.14. The number of ketones is 1. The van der Waals surface area contributed by atoms with E-state index in [4.69, 9.17) is 5.26 Å². The van der Waals surface area contributed by atoms with Crippen LogP contribution in [0.5, 0.6) is 0 Å². The molecular formula is C19H17NO. The van der Waals surface area contributed by atoms with E-state index in [0.717, 1.165) is 12.0 Å². The van der Waals surface area contributed by atoms with Crippen LogP contribution in [0.15, 0.2) is 67.3 Å². The number of Topliss-reactive ketones (excluding diaryl/α,β-unsaturated/α-hetero) is 1. The van der Waals surface area contributed by atoms with Crippen LogP contribution in [0.1, 0.15) is 40.2 Å². The minimum absolute atomic E-state index is 0.0928. The molecule has 21 heavy (non-hydrogen) atoms. The van der Waals surface area contributed by atoms with E-state index in [2.05, 4.69) is 12.6 Å². The smallest absolute Gasteiger partial charge is 0.163 e. The summed E-state index contributed by atoms with van der Waals surface area (Å²) in [6.45, 7) is 3.78. The molecule has 0 bridgehead atoms. The van der Waals surface area contributed by atoms with Crippen LogP contribution in [0.25, 0.3) is 0 Å². The summed E-state index contributed by atoms with van der Waals surface area (Å²) < 4.78 is 0. The number of allylic oxidation sites excluding steroid dienone is 1. The highest BCUT2D eigenvalue weighted by Gasteiger charge is 2.16. The summed E-state index contributed by atoms with van der Waals surface area (Å²) in [6.07, 6.45) is 3.07. The normalized spacial score (nSPS) is 11.4. The molecule has 0 spiro atoms. The molecule has 0 aliphatic heterocycles. The molecular weight excluding hydrogens is 258 g/mol. The summed E-state index contributed by atoms with van der Waals surface area (Å²) in [4.78, 5) is 12.4. The maximum atomic E-state index is 12.4. The molecule has 1 atom stereocenters. The molecule has 0 saturated carbocycles. The zero-order chi connectivity index (χ0) is 15.1. The maximum absolute atomic E-state index is 12.4. The van der Waals surface area contributed by atoms with Crippen molar-refractivity contribution in [2.45, 2.75) is 18.8 Å². The first-order valence-corrected chi connectivity index (χ1v) is 6.94. The van der Waals surface area contributed by atoms with Crippen molar-refractivity contribution in [1.82, 2.24) is 0 Å². The molecule has 0 aromatic heterocycles. The highest BCUT2D eigenvalue weighted by atomic mass is 16.1. The monoisotopic (exact) mass is 275 g/mol. The van der Waals surface area contributed by atoms with Gasteiger partial charge in [-0.15, -0.1) is 6.58 Å². The van der Waals surface area contributed by atoms with Crippen molar-refractivity contribution >= 4 is 5.78 Å². The van der Waals surface area contributed by atoms with Gasteiger partial charge in [0.25, 0.3) is 0 Å². The Bertz CT molecular complexity index is 650. The molecule has 104 valence electrons. The van der Waals surface area contributed by atoms with Crippen LogP contribution in [0, 0.1) is 11.3 Å². The second-order valence-electron chi connectivity index (χ2n) is 4.95. The molecule has 0 aliphatic carbocycles. The molecule has 2 aromatic carbocycles. The number of hydrogen-bond donors (Lipinski definition) is 0. The van der Waals surface area contributed by atoms with E-state index in [9.17, 15) is 4.79 Å². The van der Waals surface area contributed by atoms with Gasteiger partial charge in [-0.1, -0.05) is 48.5 Å². The van der Waals surface area contributed by atoms with E-state index >= 15 is 0 Å². The van der Waals surface area contributed by atoms with Gasteiger partial charge in [0, 0.05) is 12.0 Å². The first-order chi connectivity index (χ1) is 10.2. The highest BCUT2D eigenvalue weighted by molar-refractivity contribution is 5.96. The molecule has 0 N–H and O–H groups in total. The van der Waals surface area contributed by atoms with Crippen LogP contribution in [-0.4, -0.2) is 5.78 Å². The lowest BCUT2D eigenvalue weighted by molar-refractivity contribution is 0.0974. The third kappa shape index (κ3) is 3.90. The Morgan fingerprint density at radius 2 is 1.81 bits per heavy atom. The lowest BCUT2D eigenvalue weighted by Crippen LogP contribution is -2.07. The lowest BCUT2D eigenvalue weighted by atomic mass is 9.89. The Hall–Kier alpha value is -2.66. The fourth-order valence-corrected chi connectivity index (χ4v) is 2.34. The van der Waals surface area contributed by atoms with Gasteiger partial charge < -0.3 is 0 Å². The topological polar surface area (TPSA) is 40.9 Å². The number of hydrogen-bond acceptors (Lipinski definition) is 2. The molecule has 0 fully saturated rings. The van der Waals surface area contributed by atoms with E-state index in [0.29, 0.717) is 17.5 Å². The Labute approximate surface area is 125 Å². The standard InChI is InChI=1S/C19H17NO/c1-2-6-18(16-7-4-3-5-8-16)13-19(21)17-11-9-15(14-20)10-12-17/h2-5,7-12,18H,1,6,13H2. The van der Waals surface area contributed by atoms with E-state index in [-0.39, 0.29) is 11.7 Å². The Kier molecular flexibility index (Phi) is 5.06. The zero-order valence-electron chi connectivity index (χ0n) is 11.8. The van der Waals surface area contributed by atoms with Crippen LogP contribution < -0.4 is 0 Å². The van der Waals surface area contributed by atoms with Gasteiger partial charge >= 0.3 is 0 Å². The summed E-state index contributed by atoms with van der Waals surface area (Å²) in [5.41, 5.74) is 2.37. The van der Waals surface area contributed by atoms with Crippen LogP contribution in [-0.2, 0) is 0 Å². The Morgan fingerprint density at radius 3 is 2.38 bits per heavy atom. The quantitative estimate of drug-likeness (QED) is 0.575. The van der Waals surface area contributed by atoms with Crippen LogP contribution in [0.4, 0.5) is 0 Å². The van der Waals surface area contributed by atoms with E-state index in [1.165, 1.54) is 0 Å². The summed E-state index contributed by atoms with van der Waals surface area (Å²) in [6, 6.07) is 18.9. The van der Waals surface area contributed by atoms with Crippen molar-refractivity contribution in [1.29, 1.82) is 5.26 Å². The highest BCUT2D eigenvalue weighted by Crippen LogP contribution is 2.25. The van der Waals surface area contributed by atoms with Gasteiger partial charge in [-0.2, -0.15) is 5.26 Å². The Balaban J connectivity index is 2.14. The van der Waals surface area contributed by atoms with Crippen LogP contribution in [0.3, 0.4) is 0 Å². The molecule has 2 aromatic rings. The molecule has 0 radical (unpaired) electrons. The summed E-state index contributed by atoms with van der Waals surface area (Å²) in [7, 11) is 0. The van der Waals surface area contributed by atoms with Gasteiger partial charge in [0.15, 0.2) is 5.78 Å². The van der Waals surface area contributed by atoms with Crippen LogP contribution >= 0.6 is 0 Å². The second-order valence-corrected chi connectivity index (χ2v) is 4.95. The van der Waals surface area contributed by atoms with Crippen molar-refractivity contribution < 1.29 is 4.79 Å². The average Bonchev–Trinajstić information content (AvgIpc) is 2.55. The first kappa shape index (κ1) is 14.7. The minimum atomic E-state index is 0.0928. The van der Waals surface area contributed by atoms with Crippen molar-refractivity contribution in [3.63, 3.8) is 0 Å². The van der Waals surface area contributed by atoms with Gasteiger partial charge in [-0.3, -0.25) is 4.79 Å². The van der Waals surface area contributed by atoms with Gasteiger partial charge in [-0.25, -0.2) is 0 Å². The number of nitrogens with zero attached hydrogens (tertiary/aromatic N) is 1. The second kappa shape index (κ2) is 7.21. The predicted molar refractivity (Wildman–Crippen MR) is 84.1 cm³/mol. The molecule has 0 saturated heterocycles. The Morgan fingerprint density at radius 1 is 1.14 bits per heavy atom. The van der Waals surface area contributed by atoms with E-state index in [1.807, 2.05) is 36.4 Å². The van der Waals surface area contributed by atoms with Crippen molar-refractivity contribution in [2.24, 2.45) is 0 Å². The SMILES string of the molecule is C=CCC(CC(=O)c1ccc(C#N)cc1)c1ccccc1. The summed E-state index contributed by atoms with van der Waals surface area (Å²) in [5, 5.41) is 8.79. The van der Waals surface area contributed by atoms with E-state index in [1.54, 1.807) is 24.3 Å². The number of benzene rings is 2. The largest absolute Gasteiger partial charge is 0.294 e. The molecule has 2 heteroatoms. The first-order valence-electron chi connectivity index (χ1n) is 6.94. The number of carbonyl (C=O) groups is 1. The molecule has 2 nitrogen and oxygen atoms in total. The number of rotatable bonds is 6. The van der Waals surface area contributed by atoms with Crippen molar-refractivity contribution in [2.75, 3.05) is 0 Å². The average molecular weight is 275 g/mol. The number of nitriles is 1. The number of carbonyl (C=O) groups excluding carboxylic acids is 1. The summed E-state index contributed by atoms with van der Waals surface area (Å²) >= 11 is 0. The van der Waals surface area contributed by atoms with Gasteiger partial charge in [-0.05, 0) is 30.0 Å². The fraction of sp³-hybridized carbons (Fsp3) is 0.158. The molecule has 0 aliphatic rings. The van der Waals surface area contributed by atoms with Crippen molar-refractivity contribution in [3.05, 3.63) is 83.9 Å². The zero-order valence-corrected chi connectivity index (χ0v) is 11.8. The maximum Gasteiger partial charge on any atom is 0.163 e. The van der Waals surface area contributed by atoms with Gasteiger partial charge in [0.2, 0.25) is 0 Å². The molecule has 1 unspecified atom stereocenters. The van der Waals surface area contributed by atoms with E-state index < -0.39 is 0 Å². The van der Waals surface area contributed by atoms with Crippen molar-refractivity contribution in [3.8, 4) is 6.07 Å². The van der Waals surface area contributed by atoms with Gasteiger partial charge in [0.05, 0.1) is 11.6 Å². The summed E-state index contributed by atoms with van der Waals surface area (Å²) in [5.74, 6) is 0.238. The molecule has 0 amide bonds. The third-order valence-electron chi connectivity index (χ3n) is 3.49.